The van der Waals surface area contributed by atoms with E-state index in [1.54, 1.807) is 9.80 Å². The SMILES string of the molecule is Cc1ncnc2c1OCC(=O)N2C1CCN(C(=O)OC(C)(C)C)CC1. The van der Waals surface area contributed by atoms with Gasteiger partial charge < -0.3 is 14.4 Å². The number of carbonyl (C=O) groups is 2. The van der Waals surface area contributed by atoms with E-state index in [9.17, 15) is 9.59 Å². The maximum Gasteiger partial charge on any atom is 0.410 e. The molecular weight excluding hydrogens is 324 g/mol. The van der Waals surface area contributed by atoms with Crippen molar-refractivity contribution in [1.29, 1.82) is 0 Å². The number of carbonyl (C=O) groups excluding carboxylic acids is 2. The van der Waals surface area contributed by atoms with Crippen LogP contribution in [0, 0.1) is 6.92 Å². The van der Waals surface area contributed by atoms with Crippen molar-refractivity contribution in [2.75, 3.05) is 24.6 Å². The second-order valence-electron chi connectivity index (χ2n) is 7.36. The monoisotopic (exact) mass is 348 g/mol. The van der Waals surface area contributed by atoms with Crippen LogP contribution in [0.25, 0.3) is 0 Å². The van der Waals surface area contributed by atoms with Crippen molar-refractivity contribution in [2.45, 2.75) is 52.2 Å². The molecule has 8 heteroatoms. The largest absolute Gasteiger partial charge is 0.478 e. The molecule has 8 nitrogen and oxygen atoms in total. The number of ether oxygens (including phenoxy) is 2. The summed E-state index contributed by atoms with van der Waals surface area (Å²) in [6.07, 6.45) is 2.48. The summed E-state index contributed by atoms with van der Waals surface area (Å²) in [4.78, 5) is 36.4. The molecule has 0 radical (unpaired) electrons. The molecule has 0 atom stereocenters. The van der Waals surface area contributed by atoms with Crippen molar-refractivity contribution < 1.29 is 19.1 Å². The zero-order valence-electron chi connectivity index (χ0n) is 15.1. The Hall–Kier alpha value is -2.38. The van der Waals surface area contributed by atoms with Gasteiger partial charge >= 0.3 is 6.09 Å². The van der Waals surface area contributed by atoms with Gasteiger partial charge in [0.1, 0.15) is 11.9 Å². The molecule has 2 amide bonds. The molecule has 0 aromatic carbocycles. The van der Waals surface area contributed by atoms with Crippen molar-refractivity contribution in [2.24, 2.45) is 0 Å². The quantitative estimate of drug-likeness (QED) is 0.771. The van der Waals surface area contributed by atoms with Gasteiger partial charge in [-0.15, -0.1) is 0 Å². The van der Waals surface area contributed by atoms with Crippen LogP contribution in [0.4, 0.5) is 10.6 Å². The van der Waals surface area contributed by atoms with Crippen molar-refractivity contribution in [3.8, 4) is 5.75 Å². The lowest BCUT2D eigenvalue weighted by molar-refractivity contribution is -0.122. The normalized spacial score (nSPS) is 18.6. The highest BCUT2D eigenvalue weighted by molar-refractivity contribution is 5.97. The zero-order chi connectivity index (χ0) is 18.2. The van der Waals surface area contributed by atoms with Gasteiger partial charge in [0.2, 0.25) is 0 Å². The van der Waals surface area contributed by atoms with E-state index in [-0.39, 0.29) is 24.6 Å². The summed E-state index contributed by atoms with van der Waals surface area (Å²) in [5.41, 5.74) is 0.204. The highest BCUT2D eigenvalue weighted by Crippen LogP contribution is 2.35. The Morgan fingerprint density at radius 3 is 2.60 bits per heavy atom. The number of fused-ring (bicyclic) bond motifs is 1. The number of anilines is 1. The van der Waals surface area contributed by atoms with Gasteiger partial charge in [-0.05, 0) is 40.5 Å². The minimum atomic E-state index is -0.512. The van der Waals surface area contributed by atoms with E-state index in [1.165, 1.54) is 6.33 Å². The number of rotatable bonds is 1. The van der Waals surface area contributed by atoms with Gasteiger partial charge in [-0.3, -0.25) is 9.69 Å². The molecule has 25 heavy (non-hydrogen) atoms. The Balaban J connectivity index is 1.70. The predicted molar refractivity (Wildman–Crippen MR) is 90.6 cm³/mol. The van der Waals surface area contributed by atoms with Crippen LogP contribution in [0.1, 0.15) is 39.3 Å². The van der Waals surface area contributed by atoms with Crippen molar-refractivity contribution in [1.82, 2.24) is 14.9 Å². The van der Waals surface area contributed by atoms with Crippen molar-refractivity contribution >= 4 is 17.8 Å². The summed E-state index contributed by atoms with van der Waals surface area (Å²) < 4.78 is 10.9. The first-order valence-corrected chi connectivity index (χ1v) is 8.50. The standard InChI is InChI=1S/C17H24N4O4/c1-11-14-15(19-10-18-11)21(13(22)9-24-14)12-5-7-20(8-6-12)16(23)25-17(2,3)4/h10,12H,5-9H2,1-4H3. The summed E-state index contributed by atoms with van der Waals surface area (Å²) in [6.45, 7) is 8.47. The summed E-state index contributed by atoms with van der Waals surface area (Å²) in [5, 5.41) is 0. The lowest BCUT2D eigenvalue weighted by Gasteiger charge is -2.40. The zero-order valence-corrected chi connectivity index (χ0v) is 15.1. The average Bonchev–Trinajstić information content (AvgIpc) is 2.53. The Labute approximate surface area is 147 Å². The summed E-state index contributed by atoms with van der Waals surface area (Å²) in [7, 11) is 0. The first kappa shape index (κ1) is 17.4. The molecule has 0 unspecified atom stereocenters. The minimum Gasteiger partial charge on any atom is -0.478 e. The Morgan fingerprint density at radius 2 is 1.96 bits per heavy atom. The van der Waals surface area contributed by atoms with Gasteiger partial charge in [0.15, 0.2) is 18.2 Å². The van der Waals surface area contributed by atoms with Gasteiger partial charge in [0.05, 0.1) is 5.69 Å². The van der Waals surface area contributed by atoms with Gasteiger partial charge in [0.25, 0.3) is 5.91 Å². The lowest BCUT2D eigenvalue weighted by Crippen LogP contribution is -2.52. The topological polar surface area (TPSA) is 84.9 Å². The fraction of sp³-hybridized carbons (Fsp3) is 0.647. The van der Waals surface area contributed by atoms with Gasteiger partial charge in [0, 0.05) is 19.1 Å². The Bertz CT molecular complexity index is 678. The third-order valence-electron chi connectivity index (χ3n) is 4.28. The first-order chi connectivity index (χ1) is 11.8. The third-order valence-corrected chi connectivity index (χ3v) is 4.28. The third kappa shape index (κ3) is 3.67. The van der Waals surface area contributed by atoms with Crippen LogP contribution in [0.2, 0.25) is 0 Å². The van der Waals surface area contributed by atoms with E-state index >= 15 is 0 Å². The molecule has 136 valence electrons. The second kappa shape index (κ2) is 6.50. The maximum absolute atomic E-state index is 12.4. The second-order valence-corrected chi connectivity index (χ2v) is 7.36. The van der Waals surface area contributed by atoms with Gasteiger partial charge in [-0.1, -0.05) is 0 Å². The minimum absolute atomic E-state index is 0.00645. The highest BCUT2D eigenvalue weighted by atomic mass is 16.6. The Kier molecular flexibility index (Phi) is 4.53. The number of aryl methyl sites for hydroxylation is 1. The number of amides is 2. The molecule has 0 saturated carbocycles. The van der Waals surface area contributed by atoms with Crippen LogP contribution < -0.4 is 9.64 Å². The number of nitrogens with zero attached hydrogens (tertiary/aromatic N) is 4. The molecule has 1 aromatic rings. The van der Waals surface area contributed by atoms with E-state index < -0.39 is 5.60 Å². The summed E-state index contributed by atoms with van der Waals surface area (Å²) in [5.74, 6) is 0.984. The molecule has 1 aromatic heterocycles. The number of hydrogen-bond acceptors (Lipinski definition) is 6. The first-order valence-electron chi connectivity index (χ1n) is 8.50. The van der Waals surface area contributed by atoms with Crippen LogP contribution in [-0.4, -0.2) is 58.2 Å². The van der Waals surface area contributed by atoms with Crippen molar-refractivity contribution in [3.63, 3.8) is 0 Å². The van der Waals surface area contributed by atoms with E-state index in [2.05, 4.69) is 9.97 Å². The van der Waals surface area contributed by atoms with Gasteiger partial charge in [-0.2, -0.15) is 0 Å². The molecule has 3 rings (SSSR count). The molecule has 0 aliphatic carbocycles. The number of piperidine rings is 1. The summed E-state index contributed by atoms with van der Waals surface area (Å²) >= 11 is 0. The molecule has 1 fully saturated rings. The van der Waals surface area contributed by atoms with Crippen LogP contribution in [0.15, 0.2) is 6.33 Å². The molecule has 2 aliphatic rings. The fourth-order valence-electron chi connectivity index (χ4n) is 3.12. The number of hydrogen-bond donors (Lipinski definition) is 0. The number of likely N-dealkylation sites (tertiary alicyclic amines) is 1. The van der Waals surface area contributed by atoms with E-state index in [0.717, 1.165) is 0 Å². The molecular formula is C17H24N4O4. The molecule has 0 N–H and O–H groups in total. The molecule has 1 saturated heterocycles. The van der Waals surface area contributed by atoms with Crippen LogP contribution in [0.3, 0.4) is 0 Å². The van der Waals surface area contributed by atoms with Crippen LogP contribution >= 0.6 is 0 Å². The Morgan fingerprint density at radius 1 is 1.28 bits per heavy atom. The lowest BCUT2D eigenvalue weighted by atomic mass is 10.0. The smallest absolute Gasteiger partial charge is 0.410 e. The highest BCUT2D eigenvalue weighted by Gasteiger charge is 2.37. The maximum atomic E-state index is 12.4. The van der Waals surface area contributed by atoms with E-state index in [4.69, 9.17) is 9.47 Å². The average molecular weight is 348 g/mol. The summed E-state index contributed by atoms with van der Waals surface area (Å²) in [6, 6.07) is -0.0110. The van der Waals surface area contributed by atoms with E-state index in [0.29, 0.717) is 43.2 Å². The fourth-order valence-corrected chi connectivity index (χ4v) is 3.12. The number of aromatic nitrogens is 2. The molecule has 0 bridgehead atoms. The van der Waals surface area contributed by atoms with E-state index in [1.807, 2.05) is 27.7 Å². The molecule has 0 spiro atoms. The molecule has 2 aliphatic heterocycles. The molecule has 3 heterocycles. The van der Waals surface area contributed by atoms with Crippen molar-refractivity contribution in [3.05, 3.63) is 12.0 Å². The van der Waals surface area contributed by atoms with Crippen LogP contribution in [-0.2, 0) is 9.53 Å². The predicted octanol–water partition coefficient (Wildman–Crippen LogP) is 1.91. The van der Waals surface area contributed by atoms with Crippen LogP contribution in [0.5, 0.6) is 5.75 Å². The van der Waals surface area contributed by atoms with Gasteiger partial charge in [-0.25, -0.2) is 14.8 Å².